The van der Waals surface area contributed by atoms with E-state index in [0.29, 0.717) is 18.2 Å². The number of rotatable bonds is 3. The highest BCUT2D eigenvalue weighted by atomic mass is 16.6. The third kappa shape index (κ3) is 3.03. The number of fused-ring (bicyclic) bond motifs is 1. The second-order valence-corrected chi connectivity index (χ2v) is 9.01. The number of nitrogens with two attached hydrogens (primary N) is 1. The molecule has 1 heterocycles. The zero-order chi connectivity index (χ0) is 20.7. The summed E-state index contributed by atoms with van der Waals surface area (Å²) in [5, 5.41) is 0. The minimum atomic E-state index is -0.187. The molecule has 2 aromatic carbocycles. The largest absolute Gasteiger partial charge is 0.495 e. The molecule has 2 aliphatic carbocycles. The second-order valence-electron chi connectivity index (χ2n) is 9.01. The number of methoxy groups -OCH3 is 1. The molecule has 30 heavy (non-hydrogen) atoms. The Hall–Kier alpha value is -2.69. The van der Waals surface area contributed by atoms with Gasteiger partial charge in [-0.25, -0.2) is 4.79 Å². The zero-order valence-electron chi connectivity index (χ0n) is 17.6. The average molecular weight is 407 g/mol. The van der Waals surface area contributed by atoms with Gasteiger partial charge in [-0.15, -0.1) is 0 Å². The second kappa shape index (κ2) is 7.53. The number of hydrogen-bond donors (Lipinski definition) is 1. The van der Waals surface area contributed by atoms with E-state index in [-0.39, 0.29) is 17.6 Å². The summed E-state index contributed by atoms with van der Waals surface area (Å²) in [5.41, 5.74) is 10.8. The summed E-state index contributed by atoms with van der Waals surface area (Å²) >= 11 is 0. The van der Waals surface area contributed by atoms with Crippen LogP contribution < -0.4 is 10.5 Å². The van der Waals surface area contributed by atoms with Crippen molar-refractivity contribution in [3.8, 4) is 5.75 Å². The number of anilines is 1. The van der Waals surface area contributed by atoms with Gasteiger partial charge in [-0.3, -0.25) is 0 Å². The number of likely N-dealkylation sites (tertiary alicyclic amines) is 1. The van der Waals surface area contributed by atoms with Crippen LogP contribution in [0, 0.1) is 5.92 Å². The van der Waals surface area contributed by atoms with E-state index in [4.69, 9.17) is 15.2 Å². The quantitative estimate of drug-likeness (QED) is 0.752. The van der Waals surface area contributed by atoms with E-state index < -0.39 is 0 Å². The monoisotopic (exact) mass is 406 g/mol. The third-order valence-corrected chi connectivity index (χ3v) is 7.62. The molecule has 1 amide bonds. The molecule has 158 valence electrons. The lowest BCUT2D eigenvalue weighted by Gasteiger charge is -2.58. The molecule has 1 aliphatic heterocycles. The van der Waals surface area contributed by atoms with Gasteiger partial charge in [-0.1, -0.05) is 43.2 Å². The highest BCUT2D eigenvalue weighted by Gasteiger charge is 2.55. The summed E-state index contributed by atoms with van der Waals surface area (Å²) in [6.07, 6.45) is 6.46. The van der Waals surface area contributed by atoms with Crippen molar-refractivity contribution in [3.05, 3.63) is 59.2 Å². The predicted molar refractivity (Wildman–Crippen MR) is 116 cm³/mol. The van der Waals surface area contributed by atoms with Crippen LogP contribution in [0.4, 0.5) is 10.5 Å². The number of amides is 1. The minimum absolute atomic E-state index is 0.133. The lowest BCUT2D eigenvalue weighted by atomic mass is 9.52. The molecule has 3 atom stereocenters. The Kier molecular flexibility index (Phi) is 4.84. The van der Waals surface area contributed by atoms with Crippen molar-refractivity contribution in [2.24, 2.45) is 5.92 Å². The fourth-order valence-corrected chi connectivity index (χ4v) is 6.27. The Labute approximate surface area is 178 Å². The maximum Gasteiger partial charge on any atom is 0.410 e. The van der Waals surface area contributed by atoms with E-state index in [1.807, 2.05) is 35.2 Å². The molecule has 2 aromatic rings. The fraction of sp³-hybridized carbons (Fsp3) is 0.480. The summed E-state index contributed by atoms with van der Waals surface area (Å²) in [6, 6.07) is 14.3. The van der Waals surface area contributed by atoms with E-state index in [9.17, 15) is 4.79 Å². The molecule has 3 aliphatic rings. The highest BCUT2D eigenvalue weighted by molar-refractivity contribution is 5.69. The topological polar surface area (TPSA) is 64.8 Å². The van der Waals surface area contributed by atoms with Crippen LogP contribution in [-0.2, 0) is 23.2 Å². The minimum Gasteiger partial charge on any atom is -0.495 e. The van der Waals surface area contributed by atoms with E-state index in [2.05, 4.69) is 12.1 Å². The first-order chi connectivity index (χ1) is 14.6. The lowest BCUT2D eigenvalue weighted by molar-refractivity contribution is -0.0137. The first kappa shape index (κ1) is 19.3. The molecule has 2 fully saturated rings. The van der Waals surface area contributed by atoms with Crippen molar-refractivity contribution in [2.75, 3.05) is 19.4 Å². The Morgan fingerprint density at radius 3 is 2.83 bits per heavy atom. The highest BCUT2D eigenvalue weighted by Crippen LogP contribution is 2.56. The van der Waals surface area contributed by atoms with E-state index in [1.54, 1.807) is 7.11 Å². The maximum atomic E-state index is 13.1. The standard InChI is InChI=1S/C25H30N2O3/c1-29-23-15-20-18(13-21(23)26)14-22-19-9-5-6-10-25(19,20)11-12-27(22)24(28)30-16-17-7-3-2-4-8-17/h2-4,7-8,13,15,19,22H,5-6,9-12,14,16,26H2,1H3/t19?,22-,25-/m0/s1. The molecule has 0 radical (unpaired) electrons. The van der Waals surface area contributed by atoms with Gasteiger partial charge in [0.15, 0.2) is 0 Å². The van der Waals surface area contributed by atoms with Gasteiger partial charge >= 0.3 is 6.09 Å². The van der Waals surface area contributed by atoms with Crippen molar-refractivity contribution in [1.29, 1.82) is 0 Å². The van der Waals surface area contributed by atoms with Crippen LogP contribution in [0.15, 0.2) is 42.5 Å². The number of carbonyl (C=O) groups is 1. The smallest absolute Gasteiger partial charge is 0.410 e. The number of benzene rings is 2. The lowest BCUT2D eigenvalue weighted by Crippen LogP contribution is -2.62. The Morgan fingerprint density at radius 2 is 2.03 bits per heavy atom. The summed E-state index contributed by atoms with van der Waals surface area (Å²) in [4.78, 5) is 15.1. The first-order valence-corrected chi connectivity index (χ1v) is 11.1. The number of carbonyl (C=O) groups excluding carboxylic acids is 1. The molecule has 0 spiro atoms. The van der Waals surface area contributed by atoms with Crippen molar-refractivity contribution in [3.63, 3.8) is 0 Å². The number of nitrogen functional groups attached to an aromatic ring is 1. The van der Waals surface area contributed by atoms with Crippen LogP contribution in [0.5, 0.6) is 5.75 Å². The van der Waals surface area contributed by atoms with Gasteiger partial charge in [-0.2, -0.15) is 0 Å². The molecular weight excluding hydrogens is 376 g/mol. The summed E-state index contributed by atoms with van der Waals surface area (Å²) in [5.74, 6) is 1.25. The van der Waals surface area contributed by atoms with Gasteiger partial charge < -0.3 is 20.1 Å². The first-order valence-electron chi connectivity index (χ1n) is 11.1. The van der Waals surface area contributed by atoms with Crippen LogP contribution in [0.25, 0.3) is 0 Å². The van der Waals surface area contributed by atoms with Crippen molar-refractivity contribution < 1.29 is 14.3 Å². The van der Waals surface area contributed by atoms with Crippen molar-refractivity contribution >= 4 is 11.8 Å². The van der Waals surface area contributed by atoms with Gasteiger partial charge in [0.1, 0.15) is 12.4 Å². The summed E-state index contributed by atoms with van der Waals surface area (Å²) in [6.45, 7) is 1.07. The molecule has 5 rings (SSSR count). The van der Waals surface area contributed by atoms with Crippen LogP contribution in [0.1, 0.15) is 48.8 Å². The molecule has 2 bridgehead atoms. The van der Waals surface area contributed by atoms with Crippen LogP contribution in [-0.4, -0.2) is 30.7 Å². The van der Waals surface area contributed by atoms with E-state index in [1.165, 1.54) is 36.8 Å². The predicted octanol–water partition coefficient (Wildman–Crippen LogP) is 4.67. The van der Waals surface area contributed by atoms with Crippen molar-refractivity contribution in [1.82, 2.24) is 4.90 Å². The van der Waals surface area contributed by atoms with E-state index in [0.717, 1.165) is 30.7 Å². The summed E-state index contributed by atoms with van der Waals surface area (Å²) < 4.78 is 11.3. The SMILES string of the molecule is COc1cc2c(cc1N)C[C@H]1C3CCCC[C@@]23CCN1C(=O)OCc1ccccc1. The number of ether oxygens (including phenoxy) is 2. The van der Waals surface area contributed by atoms with E-state index >= 15 is 0 Å². The normalized spacial score (nSPS) is 27.0. The molecule has 0 aromatic heterocycles. The fourth-order valence-electron chi connectivity index (χ4n) is 6.27. The van der Waals surface area contributed by atoms with Gasteiger partial charge in [0.2, 0.25) is 0 Å². The average Bonchev–Trinajstić information content (AvgIpc) is 2.78. The third-order valence-electron chi connectivity index (χ3n) is 7.62. The van der Waals surface area contributed by atoms with Crippen LogP contribution in [0.3, 0.4) is 0 Å². The van der Waals surface area contributed by atoms with Gasteiger partial charge in [0.25, 0.3) is 0 Å². The number of nitrogens with zero attached hydrogens (tertiary/aromatic N) is 1. The Morgan fingerprint density at radius 1 is 1.20 bits per heavy atom. The Balaban J connectivity index is 1.44. The molecule has 5 nitrogen and oxygen atoms in total. The molecule has 5 heteroatoms. The zero-order valence-corrected chi connectivity index (χ0v) is 17.6. The van der Waals surface area contributed by atoms with Crippen LogP contribution >= 0.6 is 0 Å². The molecule has 1 saturated heterocycles. The Bertz CT molecular complexity index is 945. The maximum absolute atomic E-state index is 13.1. The van der Waals surface area contributed by atoms with Crippen molar-refractivity contribution in [2.45, 2.75) is 56.6 Å². The molecular formula is C25H30N2O3. The van der Waals surface area contributed by atoms with Gasteiger partial charge in [0.05, 0.1) is 12.8 Å². The van der Waals surface area contributed by atoms with Gasteiger partial charge in [-0.05, 0) is 60.4 Å². The number of piperidine rings is 1. The van der Waals surface area contributed by atoms with Gasteiger partial charge in [0, 0.05) is 18.0 Å². The molecule has 1 unspecified atom stereocenters. The van der Waals surface area contributed by atoms with Crippen LogP contribution in [0.2, 0.25) is 0 Å². The molecule has 1 saturated carbocycles. The summed E-state index contributed by atoms with van der Waals surface area (Å²) in [7, 11) is 1.69. The number of hydrogen-bond acceptors (Lipinski definition) is 4. The molecule has 2 N–H and O–H groups in total.